The zero-order valence-electron chi connectivity index (χ0n) is 35.9. The predicted molar refractivity (Wildman–Crippen MR) is 231 cm³/mol. The van der Waals surface area contributed by atoms with E-state index in [0.29, 0.717) is 5.66 Å². The van der Waals surface area contributed by atoms with Gasteiger partial charge in [-0.05, 0) is 108 Å². The van der Waals surface area contributed by atoms with E-state index < -0.39 is 7.92 Å². The van der Waals surface area contributed by atoms with E-state index in [4.69, 9.17) is 4.99 Å². The summed E-state index contributed by atoms with van der Waals surface area (Å²) in [7, 11) is 0.381. The quantitative estimate of drug-likeness (QED) is 0.206. The van der Waals surface area contributed by atoms with E-state index in [9.17, 15) is 0 Å². The Labute approximate surface area is 313 Å². The molecule has 0 radical (unpaired) electrons. The Bertz CT molecular complexity index is 1470. The van der Waals surface area contributed by atoms with E-state index in [1.807, 2.05) is 0 Å². The summed E-state index contributed by atoms with van der Waals surface area (Å²) in [6.07, 6.45) is 6.29. The van der Waals surface area contributed by atoms with Crippen molar-refractivity contribution in [2.45, 2.75) is 182 Å². The number of aliphatic imine (C=N–C) groups is 1. The summed E-state index contributed by atoms with van der Waals surface area (Å²) in [5.74, 6) is 1.45. The van der Waals surface area contributed by atoms with E-state index in [-0.39, 0.29) is 32.5 Å². The molecule has 50 heavy (non-hydrogen) atoms. The summed E-state index contributed by atoms with van der Waals surface area (Å²) in [4.78, 5) is 7.96. The fourth-order valence-corrected chi connectivity index (χ4v) is 13.7. The van der Waals surface area contributed by atoms with Gasteiger partial charge in [-0.1, -0.05) is 165 Å². The van der Waals surface area contributed by atoms with Crippen LogP contribution in [0.25, 0.3) is 0 Å². The minimum Gasteiger partial charge on any atom is -0.360 e. The van der Waals surface area contributed by atoms with Crippen LogP contribution in [0.2, 0.25) is 0 Å². The van der Waals surface area contributed by atoms with E-state index in [2.05, 4.69) is 154 Å². The highest BCUT2D eigenvalue weighted by atomic mass is 31.1. The van der Waals surface area contributed by atoms with Gasteiger partial charge in [0.2, 0.25) is 0 Å². The van der Waals surface area contributed by atoms with E-state index in [1.54, 1.807) is 32.9 Å². The van der Waals surface area contributed by atoms with Crippen LogP contribution in [-0.2, 0) is 32.5 Å². The first-order valence-electron chi connectivity index (χ1n) is 19.8. The minimum atomic E-state index is -0.448. The van der Waals surface area contributed by atoms with Crippen molar-refractivity contribution < 1.29 is 0 Å². The van der Waals surface area contributed by atoms with Crippen molar-refractivity contribution >= 4 is 32.9 Å². The van der Waals surface area contributed by atoms with Crippen LogP contribution in [0.4, 0.5) is 0 Å². The first kappa shape index (κ1) is 41.5. The Morgan fingerprint density at radius 3 is 1.48 bits per heavy atom. The van der Waals surface area contributed by atoms with Crippen molar-refractivity contribution in [1.29, 1.82) is 0 Å². The van der Waals surface area contributed by atoms with Gasteiger partial charge in [-0.3, -0.25) is 4.99 Å². The standard InChI is InChI=1S/C46H76N2P2/c1-41(2,3)31-27-33(43(7,8)9)38(34(28-31)44(10,11)12)49-25-20-26-50(37-21-24-48-23-19-22-47-40(37)48)39-35(45(13,14)15)29-32(42(4,5)6)30-36(39)46(16,17)18/h27-30,37,49H,19-26H2,1-18H3. The molecule has 2 aliphatic rings. The zero-order chi connectivity index (χ0) is 37.8. The molecule has 0 N–H and O–H groups in total. The molecule has 1 fully saturated rings. The van der Waals surface area contributed by atoms with Gasteiger partial charge in [0.05, 0.1) is 0 Å². The van der Waals surface area contributed by atoms with Crippen molar-refractivity contribution in [3.8, 4) is 0 Å². The summed E-state index contributed by atoms with van der Waals surface area (Å²) >= 11 is 0. The maximum absolute atomic E-state index is 5.30. The lowest BCUT2D eigenvalue weighted by atomic mass is 9.75. The molecule has 0 saturated carbocycles. The van der Waals surface area contributed by atoms with Crippen molar-refractivity contribution in [2.24, 2.45) is 4.99 Å². The van der Waals surface area contributed by atoms with Gasteiger partial charge in [0.25, 0.3) is 0 Å². The molecule has 0 spiro atoms. The maximum atomic E-state index is 5.30. The van der Waals surface area contributed by atoms with Gasteiger partial charge in [-0.2, -0.15) is 0 Å². The van der Waals surface area contributed by atoms with Crippen LogP contribution in [0, 0.1) is 0 Å². The molecule has 0 bridgehead atoms. The number of benzene rings is 2. The van der Waals surface area contributed by atoms with Crippen LogP contribution in [0.1, 0.15) is 177 Å². The van der Waals surface area contributed by atoms with Crippen molar-refractivity contribution in [3.63, 3.8) is 0 Å². The molecule has 2 nitrogen and oxygen atoms in total. The third kappa shape index (κ3) is 9.46. The molecule has 2 aromatic carbocycles. The average molecular weight is 719 g/mol. The van der Waals surface area contributed by atoms with Gasteiger partial charge in [0.15, 0.2) is 0 Å². The van der Waals surface area contributed by atoms with Crippen LogP contribution in [0.3, 0.4) is 0 Å². The molecule has 3 unspecified atom stereocenters. The summed E-state index contributed by atoms with van der Waals surface area (Å²) in [5.41, 5.74) is 10.5. The average Bonchev–Trinajstić information content (AvgIpc) is 3.37. The molecule has 0 aliphatic carbocycles. The van der Waals surface area contributed by atoms with E-state index in [0.717, 1.165) is 15.1 Å². The summed E-state index contributed by atoms with van der Waals surface area (Å²) in [5, 5.41) is 3.36. The minimum absolute atomic E-state index is 0.0730. The fourth-order valence-electron chi connectivity index (χ4n) is 7.77. The molecule has 1 saturated heterocycles. The molecule has 2 aliphatic heterocycles. The number of amidine groups is 1. The Balaban J connectivity index is 1.83. The molecule has 280 valence electrons. The third-order valence-electron chi connectivity index (χ3n) is 10.9. The van der Waals surface area contributed by atoms with Gasteiger partial charge < -0.3 is 4.90 Å². The largest absolute Gasteiger partial charge is 0.360 e. The van der Waals surface area contributed by atoms with Gasteiger partial charge in [-0.25, -0.2) is 0 Å². The molecule has 2 aromatic rings. The first-order valence-corrected chi connectivity index (χ1v) is 22.6. The number of nitrogens with zero attached hydrogens (tertiary/aromatic N) is 2. The monoisotopic (exact) mass is 719 g/mol. The van der Waals surface area contributed by atoms with Gasteiger partial charge in [0.1, 0.15) is 5.84 Å². The van der Waals surface area contributed by atoms with Crippen molar-refractivity contribution in [3.05, 3.63) is 57.6 Å². The molecule has 0 amide bonds. The summed E-state index contributed by atoms with van der Waals surface area (Å²) in [6, 6.07) is 10.4. The molecule has 4 heteroatoms. The van der Waals surface area contributed by atoms with E-state index in [1.165, 1.54) is 61.6 Å². The molecular formula is C46H76N2P2. The van der Waals surface area contributed by atoms with Gasteiger partial charge in [0, 0.05) is 25.3 Å². The summed E-state index contributed by atoms with van der Waals surface area (Å²) < 4.78 is 0. The number of hydrogen-bond donors (Lipinski definition) is 0. The van der Waals surface area contributed by atoms with Gasteiger partial charge in [-0.15, -0.1) is 0 Å². The highest BCUT2D eigenvalue weighted by Gasteiger charge is 2.41. The highest BCUT2D eigenvalue weighted by molar-refractivity contribution is 7.67. The van der Waals surface area contributed by atoms with Crippen LogP contribution >= 0.6 is 16.5 Å². The molecule has 3 atom stereocenters. The normalized spacial score (nSPS) is 19.0. The second-order valence-electron chi connectivity index (χ2n) is 21.7. The Hall–Kier alpha value is -1.23. The number of fused-ring (bicyclic) bond motifs is 1. The van der Waals surface area contributed by atoms with Crippen LogP contribution in [0.5, 0.6) is 0 Å². The maximum Gasteiger partial charge on any atom is 0.107 e. The second kappa shape index (κ2) is 14.5. The summed E-state index contributed by atoms with van der Waals surface area (Å²) in [6.45, 7) is 47.0. The first-order chi connectivity index (χ1) is 22.6. The van der Waals surface area contributed by atoms with Crippen molar-refractivity contribution in [1.82, 2.24) is 4.90 Å². The van der Waals surface area contributed by atoms with E-state index >= 15 is 0 Å². The number of hydrogen-bond acceptors (Lipinski definition) is 2. The topological polar surface area (TPSA) is 15.6 Å². The lowest BCUT2D eigenvalue weighted by Crippen LogP contribution is -2.38. The Morgan fingerprint density at radius 1 is 0.620 bits per heavy atom. The Morgan fingerprint density at radius 2 is 1.06 bits per heavy atom. The Kier molecular flexibility index (Phi) is 12.1. The zero-order valence-corrected chi connectivity index (χ0v) is 37.8. The lowest BCUT2D eigenvalue weighted by molar-refractivity contribution is 0.427. The second-order valence-corrected chi connectivity index (χ2v) is 25.5. The smallest absolute Gasteiger partial charge is 0.107 e. The fraction of sp³-hybridized carbons (Fsp3) is 0.717. The predicted octanol–water partition coefficient (Wildman–Crippen LogP) is 11.8. The molecular weight excluding hydrogens is 642 g/mol. The third-order valence-corrected chi connectivity index (χ3v) is 15.5. The molecule has 2 heterocycles. The molecule has 4 rings (SSSR count). The number of rotatable bonds is 7. The van der Waals surface area contributed by atoms with Crippen LogP contribution < -0.4 is 10.6 Å². The highest BCUT2D eigenvalue weighted by Crippen LogP contribution is 2.52. The van der Waals surface area contributed by atoms with Crippen LogP contribution in [-0.4, -0.2) is 48.4 Å². The lowest BCUT2D eigenvalue weighted by Gasteiger charge is -2.39. The van der Waals surface area contributed by atoms with Gasteiger partial charge >= 0.3 is 0 Å². The van der Waals surface area contributed by atoms with Crippen molar-refractivity contribution in [2.75, 3.05) is 32.0 Å². The van der Waals surface area contributed by atoms with Crippen LogP contribution in [0.15, 0.2) is 29.3 Å². The molecule has 0 aromatic heterocycles. The SMILES string of the molecule is CC(C)(C)c1cc(C(C)(C)C)c(PCCCP(c2c(C(C)(C)C)cc(C(C)(C)C)cc2C(C)(C)C)C2CCN3CCCN=C23)c(C(C)(C)C)c1.